The van der Waals surface area contributed by atoms with Gasteiger partial charge in [0.2, 0.25) is 0 Å². The minimum Gasteiger partial charge on any atom is -0.365 e. The Balaban J connectivity index is 2.51. The second-order valence-corrected chi connectivity index (χ2v) is 4.20. The molecule has 0 spiro atoms. The van der Waals surface area contributed by atoms with Crippen molar-refractivity contribution in [1.29, 1.82) is 0 Å². The maximum atomic E-state index is 12.7. The summed E-state index contributed by atoms with van der Waals surface area (Å²) < 4.78 is 12.7. The van der Waals surface area contributed by atoms with Gasteiger partial charge in [-0.3, -0.25) is 9.59 Å². The highest BCUT2D eigenvalue weighted by Gasteiger charge is 2.21. The van der Waals surface area contributed by atoms with E-state index in [2.05, 4.69) is 5.32 Å². The third-order valence-electron chi connectivity index (χ3n) is 2.73. The molecule has 6 heteroatoms. The molecule has 4 N–H and O–H groups in total. The molecule has 0 saturated heterocycles. The van der Waals surface area contributed by atoms with E-state index < -0.39 is 11.9 Å². The number of rotatable bonds is 5. The summed E-state index contributed by atoms with van der Waals surface area (Å²) >= 11 is 0. The number of nitrogens with two attached hydrogens (primary N) is 1. The number of hydrogen-bond donors (Lipinski definition) is 3. The van der Waals surface area contributed by atoms with Gasteiger partial charge in [-0.1, -0.05) is 0 Å². The van der Waals surface area contributed by atoms with Crippen molar-refractivity contribution in [2.24, 2.45) is 5.73 Å². The SMILES string of the molecule is C[C@@H](C(N)=O)[NH+](C)CC(=O)Nc1ccc(F)cc1. The first-order valence-electron chi connectivity index (χ1n) is 5.57. The van der Waals surface area contributed by atoms with Gasteiger partial charge in [0.15, 0.2) is 12.6 Å². The van der Waals surface area contributed by atoms with Crippen LogP contribution in [0.3, 0.4) is 0 Å². The fourth-order valence-corrected chi connectivity index (χ4v) is 1.39. The number of quaternary nitrogens is 1. The summed E-state index contributed by atoms with van der Waals surface area (Å²) in [6.07, 6.45) is 0. The highest BCUT2D eigenvalue weighted by Crippen LogP contribution is 2.07. The molecule has 18 heavy (non-hydrogen) atoms. The topological polar surface area (TPSA) is 76.6 Å². The largest absolute Gasteiger partial charge is 0.365 e. The summed E-state index contributed by atoms with van der Waals surface area (Å²) in [5, 5.41) is 2.62. The number of anilines is 1. The molecule has 1 aromatic carbocycles. The van der Waals surface area contributed by atoms with Gasteiger partial charge in [-0.25, -0.2) is 4.39 Å². The van der Waals surface area contributed by atoms with E-state index >= 15 is 0 Å². The first-order valence-corrected chi connectivity index (χ1v) is 5.57. The van der Waals surface area contributed by atoms with Gasteiger partial charge < -0.3 is 16.0 Å². The van der Waals surface area contributed by atoms with Crippen LogP contribution in [0.2, 0.25) is 0 Å². The number of carbonyl (C=O) groups excluding carboxylic acids is 2. The minimum absolute atomic E-state index is 0.113. The standard InChI is InChI=1S/C12H16FN3O2/c1-8(12(14)18)16(2)7-11(17)15-10-5-3-9(13)4-6-10/h3-6,8H,7H2,1-2H3,(H2,14,18)(H,15,17)/p+1/t8-/m0/s1. The molecule has 2 amide bonds. The van der Waals surface area contributed by atoms with Crippen molar-refractivity contribution >= 4 is 17.5 Å². The van der Waals surface area contributed by atoms with Crippen LogP contribution in [0, 0.1) is 5.82 Å². The molecule has 0 aliphatic rings. The van der Waals surface area contributed by atoms with E-state index in [9.17, 15) is 14.0 Å². The van der Waals surface area contributed by atoms with Gasteiger partial charge in [0.1, 0.15) is 5.82 Å². The quantitative estimate of drug-likeness (QED) is 0.640. The fraction of sp³-hybridized carbons (Fsp3) is 0.333. The Morgan fingerprint density at radius 1 is 1.39 bits per heavy atom. The van der Waals surface area contributed by atoms with Crippen molar-refractivity contribution in [2.45, 2.75) is 13.0 Å². The Kier molecular flexibility index (Phi) is 4.79. The van der Waals surface area contributed by atoms with Crippen molar-refractivity contribution in [1.82, 2.24) is 0 Å². The number of benzene rings is 1. The Bertz CT molecular complexity index is 433. The molecule has 5 nitrogen and oxygen atoms in total. The lowest BCUT2D eigenvalue weighted by Crippen LogP contribution is -3.15. The third-order valence-corrected chi connectivity index (χ3v) is 2.73. The average molecular weight is 254 g/mol. The summed E-state index contributed by atoms with van der Waals surface area (Å²) in [4.78, 5) is 23.3. The average Bonchev–Trinajstić information content (AvgIpc) is 2.30. The van der Waals surface area contributed by atoms with Crippen LogP contribution in [-0.4, -0.2) is 31.4 Å². The molecule has 0 fully saturated rings. The van der Waals surface area contributed by atoms with E-state index in [1.165, 1.54) is 24.3 Å². The lowest BCUT2D eigenvalue weighted by molar-refractivity contribution is -0.885. The number of primary amides is 1. The molecular weight excluding hydrogens is 237 g/mol. The van der Waals surface area contributed by atoms with Crippen LogP contribution < -0.4 is 16.0 Å². The molecule has 0 aliphatic carbocycles. The number of likely N-dealkylation sites (N-methyl/N-ethyl adjacent to an activating group) is 1. The maximum Gasteiger partial charge on any atom is 0.279 e. The molecule has 1 rings (SSSR count). The van der Waals surface area contributed by atoms with E-state index in [1.54, 1.807) is 14.0 Å². The van der Waals surface area contributed by atoms with Crippen LogP contribution in [0.25, 0.3) is 0 Å². The summed E-state index contributed by atoms with van der Waals surface area (Å²) in [5.74, 6) is -1.08. The fourth-order valence-electron chi connectivity index (χ4n) is 1.39. The van der Waals surface area contributed by atoms with Crippen molar-refractivity contribution in [3.63, 3.8) is 0 Å². The van der Waals surface area contributed by atoms with Crippen molar-refractivity contribution < 1.29 is 18.9 Å². The lowest BCUT2D eigenvalue weighted by Gasteiger charge is -2.18. The molecule has 0 radical (unpaired) electrons. The van der Waals surface area contributed by atoms with Crippen LogP contribution in [-0.2, 0) is 9.59 Å². The monoisotopic (exact) mass is 254 g/mol. The molecule has 98 valence electrons. The first kappa shape index (κ1) is 14.1. The Labute approximate surface area is 105 Å². The molecule has 0 aromatic heterocycles. The Morgan fingerprint density at radius 2 is 1.94 bits per heavy atom. The minimum atomic E-state index is -0.456. The molecule has 2 atom stereocenters. The summed E-state index contributed by atoms with van der Waals surface area (Å²) in [6, 6.07) is 5.03. The predicted molar refractivity (Wildman–Crippen MR) is 65.4 cm³/mol. The van der Waals surface area contributed by atoms with E-state index in [-0.39, 0.29) is 18.3 Å². The molecule has 0 aliphatic heterocycles. The molecule has 1 unspecified atom stereocenters. The number of carbonyl (C=O) groups is 2. The zero-order valence-electron chi connectivity index (χ0n) is 10.4. The van der Waals surface area contributed by atoms with Gasteiger partial charge in [-0.2, -0.15) is 0 Å². The van der Waals surface area contributed by atoms with Crippen molar-refractivity contribution in [3.8, 4) is 0 Å². The second-order valence-electron chi connectivity index (χ2n) is 4.20. The Hall–Kier alpha value is -1.95. The van der Waals surface area contributed by atoms with E-state index in [4.69, 9.17) is 5.73 Å². The molecule has 1 aromatic rings. The van der Waals surface area contributed by atoms with Gasteiger partial charge in [-0.05, 0) is 31.2 Å². The van der Waals surface area contributed by atoms with Gasteiger partial charge in [-0.15, -0.1) is 0 Å². The van der Waals surface area contributed by atoms with Crippen molar-refractivity contribution in [3.05, 3.63) is 30.1 Å². The normalized spacial score (nSPS) is 13.7. The maximum absolute atomic E-state index is 12.7. The zero-order valence-corrected chi connectivity index (χ0v) is 10.4. The lowest BCUT2D eigenvalue weighted by atomic mass is 10.2. The highest BCUT2D eigenvalue weighted by molar-refractivity contribution is 5.91. The highest BCUT2D eigenvalue weighted by atomic mass is 19.1. The van der Waals surface area contributed by atoms with Crippen LogP contribution in [0.15, 0.2) is 24.3 Å². The molecule has 0 bridgehead atoms. The van der Waals surface area contributed by atoms with E-state index in [0.717, 1.165) is 0 Å². The summed E-state index contributed by atoms with van der Waals surface area (Å²) in [6.45, 7) is 1.77. The predicted octanol–water partition coefficient (Wildman–Crippen LogP) is -0.847. The van der Waals surface area contributed by atoms with E-state index in [1.807, 2.05) is 0 Å². The van der Waals surface area contributed by atoms with Crippen molar-refractivity contribution in [2.75, 3.05) is 18.9 Å². The number of hydrogen-bond acceptors (Lipinski definition) is 2. The second kappa shape index (κ2) is 6.11. The number of amides is 2. The van der Waals surface area contributed by atoms with Crippen LogP contribution >= 0.6 is 0 Å². The number of nitrogens with one attached hydrogen (secondary N) is 2. The molecule has 0 saturated carbocycles. The zero-order chi connectivity index (χ0) is 13.7. The van der Waals surface area contributed by atoms with Crippen LogP contribution in [0.4, 0.5) is 10.1 Å². The number of halogens is 1. The van der Waals surface area contributed by atoms with E-state index in [0.29, 0.717) is 10.6 Å². The van der Waals surface area contributed by atoms with Crippen LogP contribution in [0.5, 0.6) is 0 Å². The molecule has 0 heterocycles. The smallest absolute Gasteiger partial charge is 0.279 e. The summed E-state index contributed by atoms with van der Waals surface area (Å²) in [5.41, 5.74) is 5.66. The summed E-state index contributed by atoms with van der Waals surface area (Å²) in [7, 11) is 1.71. The van der Waals surface area contributed by atoms with Crippen LogP contribution in [0.1, 0.15) is 6.92 Å². The third kappa shape index (κ3) is 4.14. The van der Waals surface area contributed by atoms with Gasteiger partial charge in [0, 0.05) is 5.69 Å². The van der Waals surface area contributed by atoms with Gasteiger partial charge in [0.05, 0.1) is 7.05 Å². The first-order chi connectivity index (χ1) is 8.40. The Morgan fingerprint density at radius 3 is 2.44 bits per heavy atom. The van der Waals surface area contributed by atoms with Gasteiger partial charge in [0.25, 0.3) is 11.8 Å². The van der Waals surface area contributed by atoms with Gasteiger partial charge >= 0.3 is 0 Å². The molecular formula is C12H17FN3O2+.